The second-order valence-electron chi connectivity index (χ2n) is 15.8. The van der Waals surface area contributed by atoms with E-state index < -0.39 is 71.4 Å². The zero-order valence-corrected chi connectivity index (χ0v) is 34.8. The summed E-state index contributed by atoms with van der Waals surface area (Å²) in [4.78, 5) is 91.4. The van der Waals surface area contributed by atoms with Crippen molar-refractivity contribution < 1.29 is 38.2 Å². The monoisotopic (exact) mass is 800 g/mol. The first-order chi connectivity index (χ1) is 27.0. The summed E-state index contributed by atoms with van der Waals surface area (Å²) in [7, 11) is 3.19. The fourth-order valence-corrected chi connectivity index (χ4v) is 6.67. The fraction of sp³-hybridized carbons (Fsp3) is 0.692. The van der Waals surface area contributed by atoms with Gasteiger partial charge in [0.15, 0.2) is 0 Å². The van der Waals surface area contributed by atoms with Gasteiger partial charge in [0.2, 0.25) is 23.6 Å². The van der Waals surface area contributed by atoms with E-state index in [0.29, 0.717) is 37.2 Å². The molecule has 318 valence electrons. The summed E-state index contributed by atoms with van der Waals surface area (Å²) in [6.07, 6.45) is 8.18. The SMILES string of the molecule is CCCC1C(=O)NC(C2CCCCCC2)C(=O)NC(CNC)C(=O)NC(CNc2cc(CNC(=O)OC(C)(C)C)ncn2)C(=O)N[C@H](C)CO/C=C(/C)C(=O)N1C. The fourth-order valence-electron chi connectivity index (χ4n) is 6.67. The number of carbonyl (C=O) groups is 6. The van der Waals surface area contributed by atoms with E-state index in [-0.39, 0.29) is 37.7 Å². The Bertz CT molecular complexity index is 1560. The van der Waals surface area contributed by atoms with Crippen molar-refractivity contribution in [3.8, 4) is 0 Å². The molecule has 7 N–H and O–H groups in total. The topological polar surface area (TPSA) is 234 Å². The number of nitrogens with zero attached hydrogens (tertiary/aromatic N) is 3. The highest BCUT2D eigenvalue weighted by Crippen LogP contribution is 2.26. The van der Waals surface area contributed by atoms with Gasteiger partial charge in [0.05, 0.1) is 24.5 Å². The Morgan fingerprint density at radius 1 is 0.930 bits per heavy atom. The van der Waals surface area contributed by atoms with E-state index >= 15 is 0 Å². The summed E-state index contributed by atoms with van der Waals surface area (Å²) in [6.45, 7) is 10.4. The number of ether oxygens (including phenoxy) is 2. The molecule has 3 rings (SSSR count). The average molecular weight is 801 g/mol. The minimum atomic E-state index is -1.17. The van der Waals surface area contributed by atoms with Gasteiger partial charge >= 0.3 is 6.09 Å². The third-order valence-corrected chi connectivity index (χ3v) is 9.63. The zero-order valence-electron chi connectivity index (χ0n) is 34.8. The minimum absolute atomic E-state index is 0.00549. The molecule has 0 saturated heterocycles. The predicted octanol–water partition coefficient (Wildman–Crippen LogP) is 1.62. The molecule has 0 aromatic carbocycles. The highest BCUT2D eigenvalue weighted by atomic mass is 16.6. The third kappa shape index (κ3) is 15.5. The van der Waals surface area contributed by atoms with Gasteiger partial charge in [-0.15, -0.1) is 0 Å². The van der Waals surface area contributed by atoms with E-state index in [2.05, 4.69) is 47.2 Å². The highest BCUT2D eigenvalue weighted by molar-refractivity contribution is 5.98. The molecule has 1 aromatic rings. The molecule has 2 aliphatic rings. The molecule has 1 fully saturated rings. The zero-order chi connectivity index (χ0) is 42.1. The van der Waals surface area contributed by atoms with E-state index in [0.717, 1.165) is 25.7 Å². The van der Waals surface area contributed by atoms with Gasteiger partial charge in [0.1, 0.15) is 48.5 Å². The molecular formula is C39H64N10O8. The molecule has 18 heteroatoms. The van der Waals surface area contributed by atoms with Crippen LogP contribution < -0.4 is 37.2 Å². The molecule has 0 radical (unpaired) electrons. The van der Waals surface area contributed by atoms with Crippen molar-refractivity contribution in [1.29, 1.82) is 0 Å². The summed E-state index contributed by atoms with van der Waals surface area (Å²) in [5.74, 6) is -2.47. The van der Waals surface area contributed by atoms with Crippen LogP contribution in [0.4, 0.5) is 10.6 Å². The van der Waals surface area contributed by atoms with Gasteiger partial charge in [-0.1, -0.05) is 39.0 Å². The second kappa shape index (κ2) is 22.7. The second-order valence-corrected chi connectivity index (χ2v) is 15.8. The van der Waals surface area contributed by atoms with Crippen molar-refractivity contribution in [3.63, 3.8) is 0 Å². The Kier molecular flexibility index (Phi) is 18.4. The molecule has 5 atom stereocenters. The number of hydrogen-bond acceptors (Lipinski definition) is 12. The normalized spacial score (nSPS) is 25.1. The molecule has 1 aliphatic heterocycles. The van der Waals surface area contributed by atoms with Crippen molar-refractivity contribution in [2.24, 2.45) is 5.92 Å². The molecule has 57 heavy (non-hydrogen) atoms. The number of rotatable bonds is 10. The lowest BCUT2D eigenvalue weighted by molar-refractivity contribution is -0.139. The number of amides is 6. The number of hydrogen-bond donors (Lipinski definition) is 7. The van der Waals surface area contributed by atoms with Crippen molar-refractivity contribution in [3.05, 3.63) is 29.9 Å². The summed E-state index contributed by atoms with van der Waals surface area (Å²) in [6, 6.07) is -3.10. The molecule has 18 nitrogen and oxygen atoms in total. The van der Waals surface area contributed by atoms with Gasteiger partial charge in [0.25, 0.3) is 5.91 Å². The van der Waals surface area contributed by atoms with Crippen molar-refractivity contribution in [2.45, 2.75) is 135 Å². The Hall–Kier alpha value is -5.00. The first-order valence-electron chi connectivity index (χ1n) is 20.0. The van der Waals surface area contributed by atoms with Crippen LogP contribution in [0.1, 0.15) is 98.6 Å². The summed E-state index contributed by atoms with van der Waals surface area (Å²) < 4.78 is 11.0. The van der Waals surface area contributed by atoms with Gasteiger partial charge in [-0.25, -0.2) is 14.8 Å². The molecular weight excluding hydrogens is 736 g/mol. The highest BCUT2D eigenvalue weighted by Gasteiger charge is 2.37. The molecule has 1 saturated carbocycles. The van der Waals surface area contributed by atoms with Crippen LogP contribution in [0.5, 0.6) is 0 Å². The quantitative estimate of drug-likeness (QED) is 0.167. The lowest BCUT2D eigenvalue weighted by atomic mass is 9.90. The summed E-state index contributed by atoms with van der Waals surface area (Å²) in [5, 5.41) is 20.1. The maximum atomic E-state index is 14.2. The van der Waals surface area contributed by atoms with E-state index in [9.17, 15) is 28.8 Å². The Labute approximate surface area is 336 Å². The minimum Gasteiger partial charge on any atom is -0.499 e. The third-order valence-electron chi connectivity index (χ3n) is 9.63. The molecule has 0 bridgehead atoms. The van der Waals surface area contributed by atoms with E-state index in [1.165, 1.54) is 17.5 Å². The number of nitrogens with one attached hydrogen (secondary N) is 7. The first-order valence-corrected chi connectivity index (χ1v) is 20.0. The van der Waals surface area contributed by atoms with Crippen LogP contribution >= 0.6 is 0 Å². The standard InChI is InChI=1S/C39H64N10O8/c1-9-14-30-35(52)48-32(26-15-12-10-11-13-16-26)36(53)47-28(19-40-7)34(51)46-29(33(50)45-25(3)22-56-21-24(2)37(54)49(30)8)20-41-31-17-27(43-23-44-31)18-42-38(55)57-39(4,5)6/h17,21,23,25-26,28-30,32,40H,9-16,18-20,22H2,1-8H3,(H,42,55)(H,45,50)(H,46,51)(H,47,53)(H,48,52)(H,41,43,44)/b24-21-/t25-,28?,29?,30?,32?/m1/s1. The van der Waals surface area contributed by atoms with Crippen LogP contribution in [-0.4, -0.2) is 120 Å². The number of likely N-dealkylation sites (N-methyl/N-ethyl adjacent to an activating group) is 2. The van der Waals surface area contributed by atoms with Crippen molar-refractivity contribution in [2.75, 3.05) is 39.1 Å². The predicted molar refractivity (Wildman–Crippen MR) is 213 cm³/mol. The van der Waals surface area contributed by atoms with Crippen molar-refractivity contribution in [1.82, 2.24) is 46.8 Å². The number of aromatic nitrogens is 2. The first kappa shape index (κ1) is 46.4. The maximum Gasteiger partial charge on any atom is 0.407 e. The van der Waals surface area contributed by atoms with Crippen LogP contribution in [-0.2, 0) is 40.0 Å². The molecule has 1 aromatic heterocycles. The molecule has 2 heterocycles. The van der Waals surface area contributed by atoms with E-state index in [1.807, 2.05) is 6.92 Å². The molecule has 0 spiro atoms. The van der Waals surface area contributed by atoms with Gasteiger partial charge in [-0.2, -0.15) is 0 Å². The number of alkyl carbamates (subject to hydrolysis) is 1. The lowest BCUT2D eigenvalue weighted by Crippen LogP contribution is -2.62. The van der Waals surface area contributed by atoms with Gasteiger partial charge in [0, 0.05) is 31.8 Å². The Balaban J connectivity index is 1.93. The van der Waals surface area contributed by atoms with E-state index in [4.69, 9.17) is 9.47 Å². The average Bonchev–Trinajstić information content (AvgIpc) is 3.44. The Morgan fingerprint density at radius 2 is 1.58 bits per heavy atom. The van der Waals surface area contributed by atoms with Crippen molar-refractivity contribution >= 4 is 41.4 Å². The summed E-state index contributed by atoms with van der Waals surface area (Å²) >= 11 is 0. The van der Waals surface area contributed by atoms with E-state index in [1.54, 1.807) is 54.8 Å². The number of carbonyl (C=O) groups excluding carboxylic acids is 6. The largest absolute Gasteiger partial charge is 0.499 e. The lowest BCUT2D eigenvalue weighted by Gasteiger charge is -2.32. The molecule has 1 aliphatic carbocycles. The van der Waals surface area contributed by atoms with Gasteiger partial charge < -0.3 is 51.6 Å². The maximum absolute atomic E-state index is 14.2. The smallest absolute Gasteiger partial charge is 0.407 e. The molecule has 6 amide bonds. The Morgan fingerprint density at radius 3 is 2.23 bits per heavy atom. The van der Waals surface area contributed by atoms with Crippen LogP contribution in [0.2, 0.25) is 0 Å². The summed E-state index contributed by atoms with van der Waals surface area (Å²) in [5.41, 5.74) is 0.0278. The van der Waals surface area contributed by atoms with Crippen LogP contribution in [0.3, 0.4) is 0 Å². The van der Waals surface area contributed by atoms with Gasteiger partial charge in [-0.3, -0.25) is 24.0 Å². The van der Waals surface area contributed by atoms with Crippen LogP contribution in [0, 0.1) is 5.92 Å². The van der Waals surface area contributed by atoms with Crippen LogP contribution in [0.25, 0.3) is 0 Å². The van der Waals surface area contributed by atoms with Crippen LogP contribution in [0.15, 0.2) is 24.2 Å². The van der Waals surface area contributed by atoms with Gasteiger partial charge in [-0.05, 0) is 66.8 Å². The number of anilines is 1. The molecule has 4 unspecified atom stereocenters.